The summed E-state index contributed by atoms with van der Waals surface area (Å²) in [4.78, 5) is 2.10. The van der Waals surface area contributed by atoms with Gasteiger partial charge in [-0.2, -0.15) is 0 Å². The molecule has 20 heavy (non-hydrogen) atoms. The Morgan fingerprint density at radius 1 is 1.20 bits per heavy atom. The monoisotopic (exact) mass is 283 g/mol. The van der Waals surface area contributed by atoms with Gasteiger partial charge >= 0.3 is 0 Å². The third-order valence-electron chi connectivity index (χ3n) is 3.31. The summed E-state index contributed by atoms with van der Waals surface area (Å²) in [7, 11) is 3.52. The molecule has 1 aromatic carbocycles. The highest BCUT2D eigenvalue weighted by Gasteiger charge is 2.18. The average Bonchev–Trinajstić information content (AvgIpc) is 2.40. The Kier molecular flexibility index (Phi) is 5.09. The third kappa shape index (κ3) is 3.55. The van der Waals surface area contributed by atoms with Crippen LogP contribution in [0.3, 0.4) is 0 Å². The molecule has 2 rings (SSSR count). The van der Waals surface area contributed by atoms with Gasteiger partial charge in [-0.15, -0.1) is 0 Å². The quantitative estimate of drug-likeness (QED) is 0.776. The van der Waals surface area contributed by atoms with Crippen molar-refractivity contribution in [3.8, 4) is 5.75 Å². The molecule has 0 N–H and O–H groups in total. The molecule has 0 amide bonds. The van der Waals surface area contributed by atoms with Crippen LogP contribution in [0.15, 0.2) is 18.2 Å². The van der Waals surface area contributed by atoms with Crippen molar-refractivity contribution in [1.82, 2.24) is 4.90 Å². The van der Waals surface area contributed by atoms with Crippen LogP contribution in [0.25, 0.3) is 5.57 Å². The minimum atomic E-state index is -0.576. The molecule has 1 heterocycles. The summed E-state index contributed by atoms with van der Waals surface area (Å²) in [6.45, 7) is 2.15. The Morgan fingerprint density at radius 2 is 1.90 bits per heavy atom. The SMILES string of the molecule is COCCOc1cc(F)c(C2=CCN(C)CC2)c(F)c1. The lowest BCUT2D eigenvalue weighted by molar-refractivity contribution is 0.146. The van der Waals surface area contributed by atoms with Gasteiger partial charge in [0.2, 0.25) is 0 Å². The fourth-order valence-electron chi connectivity index (χ4n) is 2.18. The Labute approximate surface area is 117 Å². The number of likely N-dealkylation sites (N-methyl/N-ethyl adjacent to an activating group) is 1. The highest BCUT2D eigenvalue weighted by atomic mass is 19.1. The second-order valence-corrected chi connectivity index (χ2v) is 4.84. The minimum absolute atomic E-state index is 0.0668. The summed E-state index contributed by atoms with van der Waals surface area (Å²) in [5.41, 5.74) is 0.790. The van der Waals surface area contributed by atoms with Gasteiger partial charge in [0.05, 0.1) is 6.61 Å². The van der Waals surface area contributed by atoms with Crippen molar-refractivity contribution in [2.24, 2.45) is 0 Å². The molecule has 0 aliphatic carbocycles. The van der Waals surface area contributed by atoms with Gasteiger partial charge < -0.3 is 14.4 Å². The van der Waals surface area contributed by atoms with Crippen molar-refractivity contribution >= 4 is 5.57 Å². The van der Waals surface area contributed by atoms with Crippen LogP contribution in [0.5, 0.6) is 5.75 Å². The molecular weight excluding hydrogens is 264 g/mol. The molecule has 0 unspecified atom stereocenters. The van der Waals surface area contributed by atoms with Crippen LogP contribution < -0.4 is 4.74 Å². The van der Waals surface area contributed by atoms with E-state index in [-0.39, 0.29) is 17.9 Å². The zero-order valence-corrected chi connectivity index (χ0v) is 11.8. The molecule has 0 atom stereocenters. The normalized spacial score (nSPS) is 16.1. The van der Waals surface area contributed by atoms with Gasteiger partial charge in [0.15, 0.2) is 0 Å². The second kappa shape index (κ2) is 6.81. The highest BCUT2D eigenvalue weighted by Crippen LogP contribution is 2.30. The second-order valence-electron chi connectivity index (χ2n) is 4.84. The van der Waals surface area contributed by atoms with E-state index < -0.39 is 11.6 Å². The number of hydrogen-bond donors (Lipinski definition) is 0. The largest absolute Gasteiger partial charge is 0.491 e. The van der Waals surface area contributed by atoms with E-state index in [9.17, 15) is 8.78 Å². The molecule has 5 heteroatoms. The topological polar surface area (TPSA) is 21.7 Å². The lowest BCUT2D eigenvalue weighted by atomic mass is 9.98. The van der Waals surface area contributed by atoms with Crippen molar-refractivity contribution in [1.29, 1.82) is 0 Å². The van der Waals surface area contributed by atoms with E-state index in [1.54, 1.807) is 7.11 Å². The number of methoxy groups -OCH3 is 1. The first kappa shape index (κ1) is 14.9. The van der Waals surface area contributed by atoms with Crippen LogP contribution in [0, 0.1) is 11.6 Å². The zero-order chi connectivity index (χ0) is 14.5. The fourth-order valence-corrected chi connectivity index (χ4v) is 2.18. The minimum Gasteiger partial charge on any atom is -0.491 e. The predicted octanol–water partition coefficient (Wildman–Crippen LogP) is 2.71. The molecule has 1 aliphatic rings. The van der Waals surface area contributed by atoms with Crippen molar-refractivity contribution in [3.63, 3.8) is 0 Å². The van der Waals surface area contributed by atoms with E-state index in [2.05, 4.69) is 4.90 Å². The Balaban J connectivity index is 2.18. The molecule has 0 radical (unpaired) electrons. The van der Waals surface area contributed by atoms with Crippen LogP contribution in [0.4, 0.5) is 8.78 Å². The van der Waals surface area contributed by atoms with Crippen LogP contribution >= 0.6 is 0 Å². The van der Waals surface area contributed by atoms with Crippen molar-refractivity contribution in [2.45, 2.75) is 6.42 Å². The van der Waals surface area contributed by atoms with Crippen LogP contribution in [-0.4, -0.2) is 45.4 Å². The van der Waals surface area contributed by atoms with Gasteiger partial charge in [-0.3, -0.25) is 0 Å². The molecular formula is C15H19F2NO2. The van der Waals surface area contributed by atoms with E-state index in [1.165, 1.54) is 12.1 Å². The molecule has 0 bridgehead atoms. The molecule has 0 saturated heterocycles. The molecule has 0 aromatic heterocycles. The standard InChI is InChI=1S/C15H19F2NO2/c1-18-5-3-11(4-6-18)15-13(16)9-12(10-14(15)17)20-8-7-19-2/h3,9-10H,4-8H2,1-2H3. The molecule has 110 valence electrons. The number of halogens is 2. The van der Waals surface area contributed by atoms with Gasteiger partial charge in [-0.05, 0) is 19.0 Å². The van der Waals surface area contributed by atoms with Crippen molar-refractivity contribution < 1.29 is 18.3 Å². The van der Waals surface area contributed by atoms with Crippen LogP contribution in [-0.2, 0) is 4.74 Å². The first-order valence-corrected chi connectivity index (χ1v) is 6.60. The van der Waals surface area contributed by atoms with E-state index >= 15 is 0 Å². The number of rotatable bonds is 5. The van der Waals surface area contributed by atoms with Gasteiger partial charge in [0.25, 0.3) is 0 Å². The first-order valence-electron chi connectivity index (χ1n) is 6.60. The van der Waals surface area contributed by atoms with E-state index in [1.807, 2.05) is 13.1 Å². The summed E-state index contributed by atoms with van der Waals surface area (Å²) in [6.07, 6.45) is 2.52. The summed E-state index contributed by atoms with van der Waals surface area (Å²) >= 11 is 0. The maximum absolute atomic E-state index is 14.1. The molecule has 3 nitrogen and oxygen atoms in total. The Hall–Kier alpha value is -1.46. The summed E-state index contributed by atoms with van der Waals surface area (Å²) in [6, 6.07) is 2.46. The third-order valence-corrected chi connectivity index (χ3v) is 3.31. The first-order chi connectivity index (χ1) is 9.61. The fraction of sp³-hybridized carbons (Fsp3) is 0.467. The summed E-state index contributed by atoms with van der Waals surface area (Å²) in [5, 5.41) is 0. The van der Waals surface area contributed by atoms with Crippen molar-refractivity contribution in [3.05, 3.63) is 35.4 Å². The lowest BCUT2D eigenvalue weighted by Crippen LogP contribution is -2.24. The zero-order valence-electron chi connectivity index (χ0n) is 11.8. The van der Waals surface area contributed by atoms with Gasteiger partial charge in [-0.1, -0.05) is 6.08 Å². The van der Waals surface area contributed by atoms with Gasteiger partial charge in [-0.25, -0.2) is 8.78 Å². The van der Waals surface area contributed by atoms with Crippen LogP contribution in [0.1, 0.15) is 12.0 Å². The van der Waals surface area contributed by atoms with Gasteiger partial charge in [0, 0.05) is 37.9 Å². The maximum atomic E-state index is 14.1. The van der Waals surface area contributed by atoms with E-state index in [0.717, 1.165) is 12.1 Å². The molecule has 1 aromatic rings. The van der Waals surface area contributed by atoms with Crippen LogP contribution in [0.2, 0.25) is 0 Å². The van der Waals surface area contributed by atoms with Gasteiger partial charge in [0.1, 0.15) is 24.0 Å². The molecule has 0 spiro atoms. The van der Waals surface area contributed by atoms with E-state index in [0.29, 0.717) is 19.6 Å². The smallest absolute Gasteiger partial charge is 0.137 e. The number of hydrogen-bond acceptors (Lipinski definition) is 3. The average molecular weight is 283 g/mol. The Bertz CT molecular complexity index is 480. The molecule has 1 aliphatic heterocycles. The maximum Gasteiger partial charge on any atom is 0.137 e. The van der Waals surface area contributed by atoms with Crippen molar-refractivity contribution in [2.75, 3.05) is 40.5 Å². The summed E-state index contributed by atoms with van der Waals surface area (Å²) < 4.78 is 38.3. The number of ether oxygens (including phenoxy) is 2. The highest BCUT2D eigenvalue weighted by molar-refractivity contribution is 5.68. The van der Waals surface area contributed by atoms with E-state index in [4.69, 9.17) is 9.47 Å². The number of nitrogens with zero attached hydrogens (tertiary/aromatic N) is 1. The molecule has 0 fully saturated rings. The predicted molar refractivity (Wildman–Crippen MR) is 73.8 cm³/mol. The Morgan fingerprint density at radius 3 is 2.45 bits per heavy atom. The molecule has 0 saturated carbocycles. The number of benzene rings is 1. The lowest BCUT2D eigenvalue weighted by Gasteiger charge is -2.22. The summed E-state index contributed by atoms with van der Waals surface area (Å²) in [5.74, 6) is -0.962.